The fourth-order valence-electron chi connectivity index (χ4n) is 1.80. The first-order chi connectivity index (χ1) is 11.6. The van der Waals surface area contributed by atoms with Crippen molar-refractivity contribution in [2.75, 3.05) is 11.9 Å². The number of ether oxygens (including phenoxy) is 1. The summed E-state index contributed by atoms with van der Waals surface area (Å²) in [5.74, 6) is 0.546. The van der Waals surface area contributed by atoms with Gasteiger partial charge in [-0.25, -0.2) is 9.78 Å². The third kappa shape index (κ3) is 8.36. The number of rotatable bonds is 6. The number of carbonyl (C=O) groups is 1. The van der Waals surface area contributed by atoms with Gasteiger partial charge in [-0.1, -0.05) is 18.2 Å². The minimum Gasteiger partial charge on any atom is -0.444 e. The van der Waals surface area contributed by atoms with Crippen LogP contribution in [0.2, 0.25) is 5.28 Å². The van der Waals surface area contributed by atoms with E-state index >= 15 is 0 Å². The number of alkyl carbamates (subject to hydrolysis) is 1. The third-order valence-electron chi connectivity index (χ3n) is 2.98. The molecule has 0 aromatic carbocycles. The van der Waals surface area contributed by atoms with Gasteiger partial charge in [-0.2, -0.15) is 4.98 Å². The average molecular weight is 432 g/mol. The molecule has 1 aromatic heterocycles. The standard InChI is InChI=1S/C17H24BrClN4O2/c1-6-7-8-11(2)13(10-21-16(24)25-17(3,4)5)22-14-12(18)9-20-15(19)23-14/h6-9,13H,10H2,1-5H3,(H,21,24)(H,20,22,23)/b7-6-,11-8+/t13-/m1/s1. The molecule has 0 unspecified atom stereocenters. The molecule has 0 aliphatic heterocycles. The Labute approximate surface area is 162 Å². The van der Waals surface area contributed by atoms with Crippen molar-refractivity contribution in [2.45, 2.75) is 46.3 Å². The number of halogens is 2. The van der Waals surface area contributed by atoms with Gasteiger partial charge in [0.15, 0.2) is 0 Å². The zero-order valence-corrected chi connectivity index (χ0v) is 17.4. The molecule has 0 radical (unpaired) electrons. The lowest BCUT2D eigenvalue weighted by Gasteiger charge is -2.24. The first kappa shape index (κ1) is 21.4. The van der Waals surface area contributed by atoms with E-state index in [1.54, 1.807) is 6.20 Å². The van der Waals surface area contributed by atoms with E-state index in [-0.39, 0.29) is 11.3 Å². The predicted molar refractivity (Wildman–Crippen MR) is 105 cm³/mol. The molecule has 0 bridgehead atoms. The molecule has 0 fully saturated rings. The Bertz CT molecular complexity index is 657. The van der Waals surface area contributed by atoms with Crippen LogP contribution in [0.4, 0.5) is 10.6 Å². The number of carbonyl (C=O) groups excluding carboxylic acids is 1. The van der Waals surface area contributed by atoms with Crippen LogP contribution >= 0.6 is 27.5 Å². The summed E-state index contributed by atoms with van der Waals surface area (Å²) in [6, 6.07) is -0.203. The molecule has 25 heavy (non-hydrogen) atoms. The molecule has 1 aromatic rings. The Morgan fingerprint density at radius 2 is 2.16 bits per heavy atom. The van der Waals surface area contributed by atoms with Crippen LogP contribution in [0.3, 0.4) is 0 Å². The van der Waals surface area contributed by atoms with Crippen molar-refractivity contribution in [3.05, 3.63) is 39.8 Å². The Kier molecular flexibility index (Phi) is 8.38. The molecule has 1 amide bonds. The van der Waals surface area contributed by atoms with E-state index in [1.807, 2.05) is 52.8 Å². The number of anilines is 1. The van der Waals surface area contributed by atoms with Gasteiger partial charge in [-0.15, -0.1) is 0 Å². The van der Waals surface area contributed by atoms with E-state index in [0.717, 1.165) is 5.57 Å². The third-order valence-corrected chi connectivity index (χ3v) is 3.74. The summed E-state index contributed by atoms with van der Waals surface area (Å²) in [4.78, 5) is 20.0. The van der Waals surface area contributed by atoms with Crippen LogP contribution < -0.4 is 10.6 Å². The van der Waals surface area contributed by atoms with Crippen molar-refractivity contribution in [3.8, 4) is 0 Å². The molecule has 6 nitrogen and oxygen atoms in total. The molecule has 1 heterocycles. The monoisotopic (exact) mass is 430 g/mol. The summed E-state index contributed by atoms with van der Waals surface area (Å²) in [5.41, 5.74) is 0.460. The van der Waals surface area contributed by atoms with Gasteiger partial charge >= 0.3 is 6.09 Å². The summed E-state index contributed by atoms with van der Waals surface area (Å²) < 4.78 is 5.95. The van der Waals surface area contributed by atoms with E-state index in [0.29, 0.717) is 16.8 Å². The normalized spacial score (nSPS) is 13.6. The molecule has 8 heteroatoms. The van der Waals surface area contributed by atoms with Crippen LogP contribution in [0.15, 0.2) is 34.5 Å². The second-order valence-electron chi connectivity index (χ2n) is 6.35. The molecule has 1 atom stereocenters. The zero-order valence-electron chi connectivity index (χ0n) is 15.1. The van der Waals surface area contributed by atoms with Crippen molar-refractivity contribution in [1.29, 1.82) is 0 Å². The van der Waals surface area contributed by atoms with Crippen molar-refractivity contribution >= 4 is 39.4 Å². The number of nitrogens with one attached hydrogen (secondary N) is 2. The fraction of sp³-hybridized carbons (Fsp3) is 0.471. The van der Waals surface area contributed by atoms with Gasteiger partial charge in [0, 0.05) is 12.7 Å². The van der Waals surface area contributed by atoms with E-state index in [1.165, 1.54) is 0 Å². The van der Waals surface area contributed by atoms with E-state index in [9.17, 15) is 4.79 Å². The molecule has 2 N–H and O–H groups in total. The summed E-state index contributed by atoms with van der Waals surface area (Å²) in [6.07, 6.45) is 6.92. The largest absolute Gasteiger partial charge is 0.444 e. The lowest BCUT2D eigenvalue weighted by Crippen LogP contribution is -2.40. The molecular weight excluding hydrogens is 408 g/mol. The van der Waals surface area contributed by atoms with Crippen LogP contribution in [0.5, 0.6) is 0 Å². The maximum absolute atomic E-state index is 11.9. The molecule has 0 saturated carbocycles. The van der Waals surface area contributed by atoms with Gasteiger partial charge in [-0.3, -0.25) is 0 Å². The van der Waals surface area contributed by atoms with Crippen LogP contribution in [0.1, 0.15) is 34.6 Å². The van der Waals surface area contributed by atoms with Crippen molar-refractivity contribution in [1.82, 2.24) is 15.3 Å². The lowest BCUT2D eigenvalue weighted by atomic mass is 10.1. The molecular formula is C17H24BrClN4O2. The van der Waals surface area contributed by atoms with Crippen LogP contribution in [0, 0.1) is 0 Å². The van der Waals surface area contributed by atoms with Gasteiger partial charge < -0.3 is 15.4 Å². The number of amides is 1. The Morgan fingerprint density at radius 3 is 2.76 bits per heavy atom. The number of nitrogens with zero attached hydrogens (tertiary/aromatic N) is 2. The highest BCUT2D eigenvalue weighted by Crippen LogP contribution is 2.22. The highest BCUT2D eigenvalue weighted by molar-refractivity contribution is 9.10. The first-order valence-corrected chi connectivity index (χ1v) is 9.00. The smallest absolute Gasteiger partial charge is 0.407 e. The van der Waals surface area contributed by atoms with Crippen molar-refractivity contribution in [2.24, 2.45) is 0 Å². The van der Waals surface area contributed by atoms with E-state index in [4.69, 9.17) is 16.3 Å². The van der Waals surface area contributed by atoms with Gasteiger partial charge in [0.05, 0.1) is 10.5 Å². The number of hydrogen-bond acceptors (Lipinski definition) is 5. The fourth-order valence-corrected chi connectivity index (χ4v) is 2.24. The first-order valence-electron chi connectivity index (χ1n) is 7.83. The van der Waals surface area contributed by atoms with Crippen LogP contribution in [-0.4, -0.2) is 34.2 Å². The molecule has 0 aliphatic carbocycles. The summed E-state index contributed by atoms with van der Waals surface area (Å²) in [7, 11) is 0. The quantitative estimate of drug-likeness (QED) is 0.503. The van der Waals surface area contributed by atoms with E-state index < -0.39 is 11.7 Å². The molecule has 0 aliphatic rings. The molecule has 0 spiro atoms. The number of hydrogen-bond donors (Lipinski definition) is 2. The molecule has 0 saturated heterocycles. The lowest BCUT2D eigenvalue weighted by molar-refractivity contribution is 0.0527. The van der Waals surface area contributed by atoms with Gasteiger partial charge in [0.25, 0.3) is 0 Å². The minimum absolute atomic E-state index is 0.139. The molecule has 138 valence electrons. The van der Waals surface area contributed by atoms with Crippen molar-refractivity contribution < 1.29 is 9.53 Å². The summed E-state index contributed by atoms with van der Waals surface area (Å²) >= 11 is 9.25. The van der Waals surface area contributed by atoms with Crippen LogP contribution in [-0.2, 0) is 4.74 Å². The highest BCUT2D eigenvalue weighted by atomic mass is 79.9. The SMILES string of the molecule is C/C=C\C=C(/C)[C@@H](CNC(=O)OC(C)(C)C)Nc1nc(Cl)ncc1Br. The Morgan fingerprint density at radius 1 is 1.48 bits per heavy atom. The summed E-state index contributed by atoms with van der Waals surface area (Å²) in [5, 5.41) is 6.17. The van der Waals surface area contributed by atoms with Gasteiger partial charge in [0.1, 0.15) is 11.4 Å². The van der Waals surface area contributed by atoms with Crippen LogP contribution in [0.25, 0.3) is 0 Å². The van der Waals surface area contributed by atoms with Crippen molar-refractivity contribution in [3.63, 3.8) is 0 Å². The topological polar surface area (TPSA) is 76.1 Å². The highest BCUT2D eigenvalue weighted by Gasteiger charge is 2.19. The minimum atomic E-state index is -0.550. The van der Waals surface area contributed by atoms with E-state index in [2.05, 4.69) is 36.5 Å². The van der Waals surface area contributed by atoms with Gasteiger partial charge in [0.2, 0.25) is 5.28 Å². The average Bonchev–Trinajstić information content (AvgIpc) is 2.50. The maximum Gasteiger partial charge on any atom is 0.407 e. The second-order valence-corrected chi connectivity index (χ2v) is 7.54. The van der Waals surface area contributed by atoms with Gasteiger partial charge in [-0.05, 0) is 67.7 Å². The zero-order chi connectivity index (χ0) is 19.0. The predicted octanol–water partition coefficient (Wildman–Crippen LogP) is 4.72. The Hall–Kier alpha value is -1.60. The maximum atomic E-state index is 11.9. The Balaban J connectivity index is 2.90. The number of allylic oxidation sites excluding steroid dienone is 3. The molecule has 1 rings (SSSR count). The second kappa shape index (κ2) is 9.77. The summed E-state index contributed by atoms with van der Waals surface area (Å²) in [6.45, 7) is 9.68. The number of aromatic nitrogens is 2.